The zero-order chi connectivity index (χ0) is 12.7. The highest BCUT2D eigenvalue weighted by Crippen LogP contribution is 2.05. The summed E-state index contributed by atoms with van der Waals surface area (Å²) < 4.78 is 4.63. The number of benzene rings is 1. The molecule has 4 heteroatoms. The van der Waals surface area contributed by atoms with Crippen LogP contribution in [0.2, 0.25) is 0 Å². The minimum Gasteiger partial charge on any atom is -0.466 e. The molecular formula is C13H14O4. The summed E-state index contributed by atoms with van der Waals surface area (Å²) in [5.74, 6) is -1.28. The second-order valence-corrected chi connectivity index (χ2v) is 3.49. The number of ether oxygens (including phenoxy) is 1. The maximum absolute atomic E-state index is 11.6. The van der Waals surface area contributed by atoms with Crippen LogP contribution in [0.4, 0.5) is 0 Å². The topological polar surface area (TPSA) is 60.4 Å². The van der Waals surface area contributed by atoms with Crippen molar-refractivity contribution in [3.8, 4) is 0 Å². The van der Waals surface area contributed by atoms with Crippen LogP contribution in [0.25, 0.3) is 0 Å². The Morgan fingerprint density at radius 3 is 2.29 bits per heavy atom. The molecule has 17 heavy (non-hydrogen) atoms. The molecule has 90 valence electrons. The van der Waals surface area contributed by atoms with Gasteiger partial charge >= 0.3 is 5.97 Å². The van der Waals surface area contributed by atoms with Gasteiger partial charge in [0, 0.05) is 5.56 Å². The Hall–Kier alpha value is -1.97. The van der Waals surface area contributed by atoms with Gasteiger partial charge in [0.1, 0.15) is 6.42 Å². The summed E-state index contributed by atoms with van der Waals surface area (Å²) in [6.45, 7) is 1.90. The molecular weight excluding hydrogens is 220 g/mol. The van der Waals surface area contributed by atoms with Crippen LogP contribution in [0.5, 0.6) is 0 Å². The quantitative estimate of drug-likeness (QED) is 0.427. The molecule has 0 spiro atoms. The maximum atomic E-state index is 11.6. The Morgan fingerprint density at radius 1 is 1.06 bits per heavy atom. The van der Waals surface area contributed by atoms with Crippen LogP contribution < -0.4 is 0 Å². The molecule has 0 saturated carbocycles. The lowest BCUT2D eigenvalue weighted by atomic mass is 10.0. The van der Waals surface area contributed by atoms with E-state index in [1.807, 2.05) is 0 Å². The summed E-state index contributed by atoms with van der Waals surface area (Å²) in [6.07, 6.45) is -0.602. The van der Waals surface area contributed by atoms with E-state index in [9.17, 15) is 14.4 Å². The fourth-order valence-corrected chi connectivity index (χ4v) is 1.34. The van der Waals surface area contributed by atoms with Crippen LogP contribution in [-0.2, 0) is 14.3 Å². The smallest absolute Gasteiger partial charge is 0.313 e. The Labute approximate surface area is 99.6 Å². The minimum atomic E-state index is -0.585. The summed E-state index contributed by atoms with van der Waals surface area (Å²) in [4.78, 5) is 34.0. The highest BCUT2D eigenvalue weighted by atomic mass is 16.5. The van der Waals surface area contributed by atoms with Gasteiger partial charge in [-0.1, -0.05) is 30.3 Å². The number of hydrogen-bond acceptors (Lipinski definition) is 4. The zero-order valence-electron chi connectivity index (χ0n) is 9.64. The molecule has 0 unspecified atom stereocenters. The van der Waals surface area contributed by atoms with Crippen molar-refractivity contribution in [2.45, 2.75) is 19.8 Å². The van der Waals surface area contributed by atoms with E-state index in [-0.39, 0.29) is 25.2 Å². The van der Waals surface area contributed by atoms with Crippen molar-refractivity contribution in [1.29, 1.82) is 0 Å². The van der Waals surface area contributed by atoms with E-state index in [2.05, 4.69) is 4.74 Å². The Kier molecular flexibility index (Phi) is 5.07. The third-order valence-electron chi connectivity index (χ3n) is 2.10. The van der Waals surface area contributed by atoms with Gasteiger partial charge in [0.05, 0.1) is 13.0 Å². The number of Topliss-reactive ketones (excluding diaryl/α,β-unsaturated/α-hetero) is 2. The van der Waals surface area contributed by atoms with Gasteiger partial charge < -0.3 is 4.74 Å². The summed E-state index contributed by atoms with van der Waals surface area (Å²) in [5, 5.41) is 0. The average Bonchev–Trinajstić information content (AvgIpc) is 2.30. The first-order chi connectivity index (χ1) is 8.13. The highest BCUT2D eigenvalue weighted by Gasteiger charge is 2.15. The fraction of sp³-hybridized carbons (Fsp3) is 0.308. The maximum Gasteiger partial charge on any atom is 0.313 e. The molecule has 0 N–H and O–H groups in total. The van der Waals surface area contributed by atoms with E-state index in [1.54, 1.807) is 37.3 Å². The predicted molar refractivity (Wildman–Crippen MR) is 61.6 cm³/mol. The third kappa shape index (κ3) is 4.59. The van der Waals surface area contributed by atoms with Gasteiger partial charge in [-0.2, -0.15) is 0 Å². The van der Waals surface area contributed by atoms with Crippen molar-refractivity contribution in [3.05, 3.63) is 35.9 Å². The summed E-state index contributed by atoms with van der Waals surface area (Å²) in [5.41, 5.74) is 0.477. The third-order valence-corrected chi connectivity index (χ3v) is 2.10. The molecule has 0 fully saturated rings. The van der Waals surface area contributed by atoms with Gasteiger partial charge in [0.25, 0.3) is 0 Å². The lowest BCUT2D eigenvalue weighted by molar-refractivity contribution is -0.145. The van der Waals surface area contributed by atoms with Crippen molar-refractivity contribution in [3.63, 3.8) is 0 Å². The van der Waals surface area contributed by atoms with Crippen LogP contribution in [0.1, 0.15) is 30.1 Å². The average molecular weight is 234 g/mol. The highest BCUT2D eigenvalue weighted by molar-refractivity contribution is 6.11. The minimum absolute atomic E-state index is 0.235. The molecule has 0 bridgehead atoms. The van der Waals surface area contributed by atoms with E-state index in [0.29, 0.717) is 5.56 Å². The number of ketones is 2. The first kappa shape index (κ1) is 13.1. The van der Waals surface area contributed by atoms with E-state index < -0.39 is 11.8 Å². The summed E-state index contributed by atoms with van der Waals surface area (Å²) in [7, 11) is 0. The molecule has 1 rings (SSSR count). The molecule has 0 aliphatic carbocycles. The molecule has 0 atom stereocenters. The van der Waals surface area contributed by atoms with E-state index in [1.165, 1.54) is 0 Å². The first-order valence-corrected chi connectivity index (χ1v) is 5.39. The van der Waals surface area contributed by atoms with Crippen molar-refractivity contribution in [2.75, 3.05) is 6.61 Å². The van der Waals surface area contributed by atoms with Gasteiger partial charge in [0.2, 0.25) is 0 Å². The summed E-state index contributed by atoms with van der Waals surface area (Å²) in [6, 6.07) is 8.52. The number of rotatable bonds is 6. The lowest BCUT2D eigenvalue weighted by Gasteiger charge is -2.01. The molecule has 1 aromatic rings. The molecule has 0 aliphatic heterocycles. The molecule has 0 amide bonds. The Morgan fingerprint density at radius 2 is 1.71 bits per heavy atom. The normalized spacial score (nSPS) is 9.71. The van der Waals surface area contributed by atoms with Gasteiger partial charge in [-0.05, 0) is 6.92 Å². The van der Waals surface area contributed by atoms with Gasteiger partial charge in [-0.15, -0.1) is 0 Å². The molecule has 0 aliphatic rings. The zero-order valence-corrected chi connectivity index (χ0v) is 9.64. The molecule has 0 aromatic heterocycles. The van der Waals surface area contributed by atoms with Crippen molar-refractivity contribution < 1.29 is 19.1 Å². The SMILES string of the molecule is CCOC(=O)CC(=O)CC(=O)c1ccccc1. The second-order valence-electron chi connectivity index (χ2n) is 3.49. The molecule has 4 nitrogen and oxygen atoms in total. The standard InChI is InChI=1S/C13H14O4/c1-2-17-13(16)9-11(14)8-12(15)10-6-4-3-5-7-10/h3-7H,2,8-9H2,1H3. The number of carbonyl (C=O) groups is 3. The number of esters is 1. The summed E-state index contributed by atoms with van der Waals surface area (Å²) >= 11 is 0. The molecule has 1 aromatic carbocycles. The predicted octanol–water partition coefficient (Wildman–Crippen LogP) is 1.78. The molecule has 0 heterocycles. The van der Waals surface area contributed by atoms with E-state index in [4.69, 9.17) is 0 Å². The van der Waals surface area contributed by atoms with Crippen LogP contribution in [0, 0.1) is 0 Å². The second kappa shape index (κ2) is 6.58. The Balaban J connectivity index is 2.47. The van der Waals surface area contributed by atoms with Crippen LogP contribution >= 0.6 is 0 Å². The van der Waals surface area contributed by atoms with E-state index in [0.717, 1.165) is 0 Å². The van der Waals surface area contributed by atoms with E-state index >= 15 is 0 Å². The first-order valence-electron chi connectivity index (χ1n) is 5.39. The molecule has 0 saturated heterocycles. The Bertz CT molecular complexity index is 409. The largest absolute Gasteiger partial charge is 0.466 e. The molecule has 0 radical (unpaired) electrons. The van der Waals surface area contributed by atoms with Crippen molar-refractivity contribution in [1.82, 2.24) is 0 Å². The van der Waals surface area contributed by atoms with Crippen LogP contribution in [0.3, 0.4) is 0 Å². The lowest BCUT2D eigenvalue weighted by Crippen LogP contribution is -2.14. The number of carbonyl (C=O) groups excluding carboxylic acids is 3. The number of hydrogen-bond donors (Lipinski definition) is 0. The van der Waals surface area contributed by atoms with Crippen LogP contribution in [0.15, 0.2) is 30.3 Å². The van der Waals surface area contributed by atoms with Gasteiger partial charge in [-0.3, -0.25) is 14.4 Å². The monoisotopic (exact) mass is 234 g/mol. The van der Waals surface area contributed by atoms with Gasteiger partial charge in [0.15, 0.2) is 11.6 Å². The van der Waals surface area contributed by atoms with Crippen molar-refractivity contribution >= 4 is 17.5 Å². The fourth-order valence-electron chi connectivity index (χ4n) is 1.34. The van der Waals surface area contributed by atoms with Crippen LogP contribution in [-0.4, -0.2) is 24.1 Å². The van der Waals surface area contributed by atoms with Gasteiger partial charge in [-0.25, -0.2) is 0 Å². The van der Waals surface area contributed by atoms with Crippen molar-refractivity contribution in [2.24, 2.45) is 0 Å².